The number of hydrogen-bond donors (Lipinski definition) is 3. The molecule has 3 N–H and O–H groups in total. The van der Waals surface area contributed by atoms with Gasteiger partial charge in [-0.15, -0.1) is 0 Å². The van der Waals surface area contributed by atoms with Gasteiger partial charge in [0.25, 0.3) is 0 Å². The second-order valence-corrected chi connectivity index (χ2v) is 6.69. The predicted molar refractivity (Wildman–Crippen MR) is 77.4 cm³/mol. The summed E-state index contributed by atoms with van der Waals surface area (Å²) < 4.78 is 5.38. The van der Waals surface area contributed by atoms with Gasteiger partial charge in [0.2, 0.25) is 0 Å². The molecule has 0 radical (unpaired) electrons. The molecule has 0 aromatic heterocycles. The third-order valence-electron chi connectivity index (χ3n) is 5.16. The van der Waals surface area contributed by atoms with Gasteiger partial charge in [0.05, 0.1) is 30.8 Å². The SMILES string of the molecule is CCC1CCC(C(=O)OCC2CCC(O)C(O)C2)CC1O. The molecule has 5 nitrogen and oxygen atoms in total. The zero-order valence-corrected chi connectivity index (χ0v) is 12.8. The smallest absolute Gasteiger partial charge is 0.309 e. The Kier molecular flexibility index (Phi) is 6.02. The highest BCUT2D eigenvalue weighted by atomic mass is 16.5. The average molecular weight is 300 g/mol. The Morgan fingerprint density at radius 1 is 1.00 bits per heavy atom. The maximum absolute atomic E-state index is 12.1. The van der Waals surface area contributed by atoms with Gasteiger partial charge in [0.1, 0.15) is 0 Å². The van der Waals surface area contributed by atoms with E-state index in [4.69, 9.17) is 4.74 Å². The highest BCUT2D eigenvalue weighted by molar-refractivity contribution is 5.72. The van der Waals surface area contributed by atoms with Crippen molar-refractivity contribution < 1.29 is 24.9 Å². The maximum Gasteiger partial charge on any atom is 0.309 e. The van der Waals surface area contributed by atoms with Crippen LogP contribution in [0.25, 0.3) is 0 Å². The molecule has 0 bridgehead atoms. The van der Waals surface area contributed by atoms with Crippen LogP contribution in [0, 0.1) is 17.8 Å². The molecule has 0 saturated heterocycles. The Morgan fingerprint density at radius 2 is 1.76 bits per heavy atom. The van der Waals surface area contributed by atoms with E-state index in [1.807, 2.05) is 0 Å². The van der Waals surface area contributed by atoms with E-state index in [1.165, 1.54) is 0 Å². The van der Waals surface area contributed by atoms with Gasteiger partial charge >= 0.3 is 5.97 Å². The molecule has 5 heteroatoms. The first-order valence-corrected chi connectivity index (χ1v) is 8.22. The fourth-order valence-corrected chi connectivity index (χ4v) is 3.58. The van der Waals surface area contributed by atoms with E-state index in [0.717, 1.165) is 25.7 Å². The summed E-state index contributed by atoms with van der Waals surface area (Å²) in [5.74, 6) is 0.0272. The molecule has 6 atom stereocenters. The summed E-state index contributed by atoms with van der Waals surface area (Å²) >= 11 is 0. The highest BCUT2D eigenvalue weighted by Crippen LogP contribution is 2.32. The van der Waals surface area contributed by atoms with Crippen molar-refractivity contribution in [2.45, 2.75) is 70.2 Å². The topological polar surface area (TPSA) is 87.0 Å². The van der Waals surface area contributed by atoms with Crippen LogP contribution < -0.4 is 0 Å². The molecule has 0 aromatic carbocycles. The standard InChI is InChI=1S/C16H28O5/c1-2-11-4-5-12(8-14(11)18)16(20)21-9-10-3-6-13(17)15(19)7-10/h10-15,17-19H,2-9H2,1H3. The van der Waals surface area contributed by atoms with Crippen molar-refractivity contribution in [3.63, 3.8) is 0 Å². The molecule has 0 amide bonds. The van der Waals surface area contributed by atoms with Crippen LogP contribution in [0.15, 0.2) is 0 Å². The lowest BCUT2D eigenvalue weighted by Crippen LogP contribution is -2.37. The molecule has 2 aliphatic carbocycles. The zero-order chi connectivity index (χ0) is 15.4. The first-order chi connectivity index (χ1) is 10.0. The van der Waals surface area contributed by atoms with Crippen molar-refractivity contribution >= 4 is 5.97 Å². The van der Waals surface area contributed by atoms with Gasteiger partial charge in [0, 0.05) is 0 Å². The Morgan fingerprint density at radius 3 is 2.38 bits per heavy atom. The number of esters is 1. The minimum atomic E-state index is -0.704. The maximum atomic E-state index is 12.1. The zero-order valence-electron chi connectivity index (χ0n) is 12.8. The largest absolute Gasteiger partial charge is 0.465 e. The quantitative estimate of drug-likeness (QED) is 0.680. The molecule has 122 valence electrons. The normalized spacial score (nSPS) is 40.8. The highest BCUT2D eigenvalue weighted by Gasteiger charge is 2.34. The molecule has 0 aromatic rings. The van der Waals surface area contributed by atoms with Gasteiger partial charge < -0.3 is 20.1 Å². The Labute approximate surface area is 126 Å². The second kappa shape index (κ2) is 7.56. The fourth-order valence-electron chi connectivity index (χ4n) is 3.58. The van der Waals surface area contributed by atoms with Crippen LogP contribution in [0.2, 0.25) is 0 Å². The summed E-state index contributed by atoms with van der Waals surface area (Å²) in [6, 6.07) is 0. The summed E-state index contributed by atoms with van der Waals surface area (Å²) in [6.07, 6.45) is 3.20. The van der Waals surface area contributed by atoms with Gasteiger partial charge in [0.15, 0.2) is 0 Å². The number of carbonyl (C=O) groups excluding carboxylic acids is 1. The van der Waals surface area contributed by atoms with E-state index >= 15 is 0 Å². The molecule has 2 fully saturated rings. The van der Waals surface area contributed by atoms with Crippen molar-refractivity contribution in [1.82, 2.24) is 0 Å². The number of aliphatic hydroxyl groups is 3. The Bertz CT molecular complexity index is 346. The summed E-state index contributed by atoms with van der Waals surface area (Å²) in [5.41, 5.74) is 0. The van der Waals surface area contributed by atoms with E-state index in [-0.39, 0.29) is 17.8 Å². The van der Waals surface area contributed by atoms with Gasteiger partial charge in [-0.05, 0) is 50.4 Å². The van der Waals surface area contributed by atoms with Crippen LogP contribution in [-0.4, -0.2) is 46.2 Å². The molecule has 2 rings (SSSR count). The number of aliphatic hydroxyl groups excluding tert-OH is 3. The third kappa shape index (κ3) is 4.41. The molecule has 2 saturated carbocycles. The van der Waals surface area contributed by atoms with E-state index in [2.05, 4.69) is 6.92 Å². The molecule has 0 heterocycles. The third-order valence-corrected chi connectivity index (χ3v) is 5.16. The number of hydrogen-bond acceptors (Lipinski definition) is 5. The molecule has 2 aliphatic rings. The molecule has 21 heavy (non-hydrogen) atoms. The van der Waals surface area contributed by atoms with E-state index in [0.29, 0.717) is 31.8 Å². The second-order valence-electron chi connectivity index (χ2n) is 6.69. The number of rotatable bonds is 4. The van der Waals surface area contributed by atoms with Gasteiger partial charge in [-0.25, -0.2) is 0 Å². The van der Waals surface area contributed by atoms with Crippen molar-refractivity contribution in [3.05, 3.63) is 0 Å². The van der Waals surface area contributed by atoms with Crippen LogP contribution in [0.3, 0.4) is 0 Å². The van der Waals surface area contributed by atoms with E-state index < -0.39 is 18.3 Å². The van der Waals surface area contributed by atoms with Gasteiger partial charge in [-0.2, -0.15) is 0 Å². The van der Waals surface area contributed by atoms with Crippen molar-refractivity contribution in [2.24, 2.45) is 17.8 Å². The van der Waals surface area contributed by atoms with Crippen molar-refractivity contribution in [1.29, 1.82) is 0 Å². The Hall–Kier alpha value is -0.650. The number of ether oxygens (including phenoxy) is 1. The van der Waals surface area contributed by atoms with E-state index in [1.54, 1.807) is 0 Å². The Balaban J connectivity index is 1.73. The van der Waals surface area contributed by atoms with Crippen LogP contribution in [0.4, 0.5) is 0 Å². The summed E-state index contributed by atoms with van der Waals surface area (Å²) in [5, 5.41) is 29.1. The van der Waals surface area contributed by atoms with E-state index in [9.17, 15) is 20.1 Å². The van der Waals surface area contributed by atoms with Crippen LogP contribution in [0.5, 0.6) is 0 Å². The lowest BCUT2D eigenvalue weighted by atomic mass is 9.78. The molecule has 0 spiro atoms. The summed E-state index contributed by atoms with van der Waals surface area (Å²) in [4.78, 5) is 12.1. The molecule has 6 unspecified atom stereocenters. The molecular weight excluding hydrogens is 272 g/mol. The van der Waals surface area contributed by atoms with Crippen LogP contribution >= 0.6 is 0 Å². The lowest BCUT2D eigenvalue weighted by molar-refractivity contribution is -0.154. The van der Waals surface area contributed by atoms with Gasteiger partial charge in [-0.1, -0.05) is 13.3 Å². The molecular formula is C16H28O5. The monoisotopic (exact) mass is 300 g/mol. The lowest BCUT2D eigenvalue weighted by Gasteiger charge is -2.32. The average Bonchev–Trinajstić information content (AvgIpc) is 2.48. The van der Waals surface area contributed by atoms with Gasteiger partial charge in [-0.3, -0.25) is 4.79 Å². The fraction of sp³-hybridized carbons (Fsp3) is 0.938. The summed E-state index contributed by atoms with van der Waals surface area (Å²) in [7, 11) is 0. The summed E-state index contributed by atoms with van der Waals surface area (Å²) in [6.45, 7) is 2.38. The first-order valence-electron chi connectivity index (χ1n) is 8.22. The van der Waals surface area contributed by atoms with Crippen LogP contribution in [-0.2, 0) is 9.53 Å². The molecule has 0 aliphatic heterocycles. The van der Waals surface area contributed by atoms with Crippen LogP contribution in [0.1, 0.15) is 51.9 Å². The minimum absolute atomic E-state index is 0.129. The predicted octanol–water partition coefficient (Wildman–Crippen LogP) is 1.24. The number of carbonyl (C=O) groups is 1. The minimum Gasteiger partial charge on any atom is -0.465 e. The van der Waals surface area contributed by atoms with Crippen molar-refractivity contribution in [3.8, 4) is 0 Å². The first kappa shape index (κ1) is 16.7. The van der Waals surface area contributed by atoms with Crippen molar-refractivity contribution in [2.75, 3.05) is 6.61 Å².